The Bertz CT molecular complexity index is 428. The third-order valence-electron chi connectivity index (χ3n) is 2.04. The van der Waals surface area contributed by atoms with Crippen LogP contribution in [0.1, 0.15) is 0 Å². The lowest BCUT2D eigenvalue weighted by atomic mass is 10.4. The fourth-order valence-corrected chi connectivity index (χ4v) is 8.15. The highest BCUT2D eigenvalue weighted by atomic mass is 32.2. The van der Waals surface area contributed by atoms with Gasteiger partial charge >= 0.3 is 0 Å². The zero-order chi connectivity index (χ0) is 11.5. The van der Waals surface area contributed by atoms with Gasteiger partial charge in [0.05, 0.1) is 17.8 Å². The molecule has 2 nitrogen and oxygen atoms in total. The summed E-state index contributed by atoms with van der Waals surface area (Å²) in [6.07, 6.45) is 0. The molecular formula is C11H19NOSSi. The number of hydrogen-bond donors (Lipinski definition) is 0. The Morgan fingerprint density at radius 2 is 1.73 bits per heavy atom. The first-order chi connectivity index (χ1) is 6.87. The van der Waals surface area contributed by atoms with Gasteiger partial charge in [0.2, 0.25) is 0 Å². The lowest BCUT2D eigenvalue weighted by Gasteiger charge is -2.19. The van der Waals surface area contributed by atoms with Crippen LogP contribution in [0.25, 0.3) is 0 Å². The summed E-state index contributed by atoms with van der Waals surface area (Å²) in [5.74, 6) is 0. The van der Waals surface area contributed by atoms with E-state index in [0.29, 0.717) is 0 Å². The third-order valence-corrected chi connectivity index (χ3v) is 8.66. The standard InChI is InChI=1S/C11H19NOSSi/c1-12-14(13,10-15(2,3)4)11-8-6-5-7-9-11/h5-9H,10H2,1-4H3/t14-/m1/s1. The van der Waals surface area contributed by atoms with E-state index in [9.17, 15) is 4.21 Å². The van der Waals surface area contributed by atoms with Gasteiger partial charge in [0.15, 0.2) is 0 Å². The molecule has 0 bridgehead atoms. The van der Waals surface area contributed by atoms with E-state index in [0.717, 1.165) is 10.3 Å². The van der Waals surface area contributed by atoms with E-state index in [1.54, 1.807) is 7.05 Å². The molecule has 0 saturated heterocycles. The maximum Gasteiger partial charge on any atom is 0.0724 e. The molecule has 0 aliphatic carbocycles. The molecule has 0 aliphatic heterocycles. The lowest BCUT2D eigenvalue weighted by Crippen LogP contribution is -2.31. The topological polar surface area (TPSA) is 29.4 Å². The van der Waals surface area contributed by atoms with Crippen molar-refractivity contribution >= 4 is 17.8 Å². The highest BCUT2D eigenvalue weighted by Gasteiger charge is 2.22. The van der Waals surface area contributed by atoms with Crippen LogP contribution in [0.3, 0.4) is 0 Å². The van der Waals surface area contributed by atoms with Gasteiger partial charge in [0.25, 0.3) is 0 Å². The van der Waals surface area contributed by atoms with Gasteiger partial charge in [-0.05, 0) is 12.1 Å². The Kier molecular flexibility index (Phi) is 3.73. The molecule has 15 heavy (non-hydrogen) atoms. The zero-order valence-corrected chi connectivity index (χ0v) is 11.7. The zero-order valence-electron chi connectivity index (χ0n) is 9.86. The minimum absolute atomic E-state index is 0.737. The van der Waals surface area contributed by atoms with Gasteiger partial charge in [0.1, 0.15) is 0 Å². The van der Waals surface area contributed by atoms with Crippen LogP contribution < -0.4 is 0 Å². The fraction of sp³-hybridized carbons (Fsp3) is 0.455. The van der Waals surface area contributed by atoms with E-state index in [-0.39, 0.29) is 0 Å². The molecule has 0 spiro atoms. The third kappa shape index (κ3) is 3.46. The van der Waals surface area contributed by atoms with E-state index < -0.39 is 17.8 Å². The highest BCUT2D eigenvalue weighted by molar-refractivity contribution is 7.95. The Hall–Kier alpha value is -0.613. The minimum Gasteiger partial charge on any atom is -0.245 e. The molecular weight excluding hydrogens is 222 g/mol. The highest BCUT2D eigenvalue weighted by Crippen LogP contribution is 2.17. The molecule has 0 aliphatic rings. The summed E-state index contributed by atoms with van der Waals surface area (Å²) in [6, 6.07) is 9.60. The van der Waals surface area contributed by atoms with Crippen LogP contribution in [-0.4, -0.2) is 24.7 Å². The van der Waals surface area contributed by atoms with E-state index >= 15 is 0 Å². The summed E-state index contributed by atoms with van der Waals surface area (Å²) < 4.78 is 16.8. The number of benzene rings is 1. The Balaban J connectivity index is 3.15. The van der Waals surface area contributed by atoms with Crippen molar-refractivity contribution in [1.82, 2.24) is 0 Å². The van der Waals surface area contributed by atoms with Crippen LogP contribution >= 0.6 is 0 Å². The first-order valence-electron chi connectivity index (χ1n) is 5.05. The van der Waals surface area contributed by atoms with Crippen molar-refractivity contribution in [3.05, 3.63) is 30.3 Å². The van der Waals surface area contributed by atoms with Gasteiger partial charge in [-0.1, -0.05) is 37.8 Å². The second kappa shape index (κ2) is 4.49. The van der Waals surface area contributed by atoms with Crippen molar-refractivity contribution < 1.29 is 4.21 Å². The average molecular weight is 241 g/mol. The molecule has 0 fully saturated rings. The fourth-order valence-electron chi connectivity index (χ4n) is 1.47. The molecule has 4 heteroatoms. The quantitative estimate of drug-likeness (QED) is 0.748. The molecule has 1 rings (SSSR count). The summed E-state index contributed by atoms with van der Waals surface area (Å²) in [5, 5.41) is 0.737. The van der Waals surface area contributed by atoms with Crippen molar-refractivity contribution in [2.75, 3.05) is 12.4 Å². The maximum absolute atomic E-state index is 12.6. The predicted octanol–water partition coefficient (Wildman–Crippen LogP) is 3.02. The molecule has 1 atom stereocenters. The summed E-state index contributed by atoms with van der Waals surface area (Å²) in [5.41, 5.74) is 0. The maximum atomic E-state index is 12.6. The molecule has 1 aromatic carbocycles. The van der Waals surface area contributed by atoms with E-state index in [1.165, 1.54) is 0 Å². The van der Waals surface area contributed by atoms with Crippen LogP contribution in [0.4, 0.5) is 0 Å². The molecule has 0 unspecified atom stereocenters. The summed E-state index contributed by atoms with van der Waals surface area (Å²) in [4.78, 5) is 0.870. The van der Waals surface area contributed by atoms with Crippen LogP contribution in [0, 0.1) is 0 Å². The van der Waals surface area contributed by atoms with Gasteiger partial charge in [0, 0.05) is 17.3 Å². The van der Waals surface area contributed by atoms with Crippen molar-refractivity contribution in [1.29, 1.82) is 0 Å². The molecule has 0 heterocycles. The number of rotatable bonds is 3. The first kappa shape index (κ1) is 12.5. The molecule has 0 aromatic heterocycles. The van der Waals surface area contributed by atoms with Crippen LogP contribution in [0.5, 0.6) is 0 Å². The van der Waals surface area contributed by atoms with Gasteiger partial charge in [-0.2, -0.15) is 0 Å². The SMILES string of the molecule is CN=[S@@](=O)(C[Si](C)(C)C)c1ccccc1. The predicted molar refractivity (Wildman–Crippen MR) is 69.4 cm³/mol. The summed E-state index contributed by atoms with van der Waals surface area (Å²) in [6.45, 7) is 6.67. The molecule has 1 aromatic rings. The molecule has 0 radical (unpaired) electrons. The van der Waals surface area contributed by atoms with Crippen LogP contribution in [0.15, 0.2) is 39.6 Å². The van der Waals surface area contributed by atoms with Gasteiger partial charge < -0.3 is 0 Å². The van der Waals surface area contributed by atoms with E-state index in [4.69, 9.17) is 0 Å². The molecule has 84 valence electrons. The second-order valence-electron chi connectivity index (χ2n) is 4.84. The first-order valence-corrected chi connectivity index (χ1v) is 10.4. The van der Waals surface area contributed by atoms with E-state index in [2.05, 4.69) is 24.0 Å². The average Bonchev–Trinajstić information content (AvgIpc) is 2.16. The number of nitrogens with zero attached hydrogens (tertiary/aromatic N) is 1. The normalized spacial score (nSPS) is 15.7. The number of hydrogen-bond acceptors (Lipinski definition) is 2. The summed E-state index contributed by atoms with van der Waals surface area (Å²) in [7, 11) is -1.88. The Labute approximate surface area is 93.9 Å². The van der Waals surface area contributed by atoms with Crippen LogP contribution in [0.2, 0.25) is 19.6 Å². The molecule has 0 saturated carbocycles. The van der Waals surface area contributed by atoms with Gasteiger partial charge in [-0.15, -0.1) is 0 Å². The van der Waals surface area contributed by atoms with Crippen LogP contribution in [-0.2, 0) is 9.73 Å². The lowest BCUT2D eigenvalue weighted by molar-refractivity contribution is 0.679. The van der Waals surface area contributed by atoms with Gasteiger partial charge in [-0.3, -0.25) is 0 Å². The molecule has 0 amide bonds. The Morgan fingerprint density at radius 1 is 1.20 bits per heavy atom. The van der Waals surface area contributed by atoms with Crippen molar-refractivity contribution in [3.63, 3.8) is 0 Å². The summed E-state index contributed by atoms with van der Waals surface area (Å²) >= 11 is 0. The monoisotopic (exact) mass is 241 g/mol. The van der Waals surface area contributed by atoms with Gasteiger partial charge in [-0.25, -0.2) is 8.57 Å². The second-order valence-corrected chi connectivity index (χ2v) is 13.2. The van der Waals surface area contributed by atoms with E-state index in [1.807, 2.05) is 30.3 Å². The Morgan fingerprint density at radius 3 is 2.13 bits per heavy atom. The molecule has 0 N–H and O–H groups in total. The van der Waals surface area contributed by atoms with Crippen molar-refractivity contribution in [3.8, 4) is 0 Å². The minimum atomic E-state index is -2.18. The smallest absolute Gasteiger partial charge is 0.0724 e. The van der Waals surface area contributed by atoms with Crippen molar-refractivity contribution in [2.24, 2.45) is 4.36 Å². The van der Waals surface area contributed by atoms with Crippen molar-refractivity contribution in [2.45, 2.75) is 24.5 Å². The largest absolute Gasteiger partial charge is 0.245 e.